The molecule has 0 atom stereocenters. The number of hydrogen-bond acceptors (Lipinski definition) is 7. The highest BCUT2D eigenvalue weighted by molar-refractivity contribution is 7.99. The van der Waals surface area contributed by atoms with Gasteiger partial charge < -0.3 is 0 Å². The number of carbonyl (C=O) groups is 2. The summed E-state index contributed by atoms with van der Waals surface area (Å²) in [5.74, 6) is -0.453. The second kappa shape index (κ2) is 9.18. The lowest BCUT2D eigenvalue weighted by Gasteiger charge is -2.09. The highest BCUT2D eigenvalue weighted by Crippen LogP contribution is 2.22. The Bertz CT molecular complexity index is 1100. The van der Waals surface area contributed by atoms with Crippen LogP contribution in [-0.2, 0) is 4.79 Å². The predicted molar refractivity (Wildman–Crippen MR) is 110 cm³/mol. The molecule has 0 unspecified atom stereocenters. The monoisotopic (exact) mass is 426 g/mol. The summed E-state index contributed by atoms with van der Waals surface area (Å²) < 4.78 is 1.83. The molecule has 0 saturated carbocycles. The lowest BCUT2D eigenvalue weighted by molar-refractivity contribution is -0.384. The number of aryl methyl sites for hydroxylation is 2. The Kier molecular flexibility index (Phi) is 6.42. The highest BCUT2D eigenvalue weighted by atomic mass is 32.2. The topological polar surface area (TPSA) is 132 Å². The van der Waals surface area contributed by atoms with Crippen molar-refractivity contribution in [3.63, 3.8) is 0 Å². The third-order valence-electron chi connectivity index (χ3n) is 4.05. The molecule has 0 radical (unpaired) electrons. The first kappa shape index (κ1) is 21.0. The predicted octanol–water partition coefficient (Wildman–Crippen LogP) is 2.35. The Morgan fingerprint density at radius 1 is 1.10 bits per heavy atom. The van der Waals surface area contributed by atoms with E-state index in [0.717, 1.165) is 17.3 Å². The van der Waals surface area contributed by atoms with Gasteiger partial charge in [0.2, 0.25) is 5.91 Å². The van der Waals surface area contributed by atoms with E-state index in [2.05, 4.69) is 21.0 Å². The van der Waals surface area contributed by atoms with E-state index in [1.807, 2.05) is 42.7 Å². The Labute approximate surface area is 175 Å². The number of amides is 2. The molecule has 154 valence electrons. The van der Waals surface area contributed by atoms with Gasteiger partial charge in [-0.2, -0.15) is 0 Å². The average Bonchev–Trinajstić information content (AvgIpc) is 3.11. The molecule has 0 bridgehead atoms. The molecule has 3 rings (SSSR count). The number of carbonyl (C=O) groups excluding carboxylic acids is 2. The Morgan fingerprint density at radius 3 is 2.53 bits per heavy atom. The smallest absolute Gasteiger partial charge is 0.270 e. The van der Waals surface area contributed by atoms with Crippen LogP contribution in [0.4, 0.5) is 5.69 Å². The summed E-state index contributed by atoms with van der Waals surface area (Å²) in [5.41, 5.74) is 6.38. The number of nitrogens with zero attached hydrogens (tertiary/aromatic N) is 4. The van der Waals surface area contributed by atoms with Crippen molar-refractivity contribution < 1.29 is 14.5 Å². The fraction of sp³-hybridized carbons (Fsp3) is 0.158. The quantitative estimate of drug-likeness (QED) is 0.351. The maximum absolute atomic E-state index is 12.1. The molecule has 30 heavy (non-hydrogen) atoms. The van der Waals surface area contributed by atoms with Crippen molar-refractivity contribution in [1.82, 2.24) is 25.6 Å². The van der Waals surface area contributed by atoms with Crippen LogP contribution in [-0.4, -0.2) is 37.3 Å². The van der Waals surface area contributed by atoms with Crippen LogP contribution in [0.1, 0.15) is 21.7 Å². The van der Waals surface area contributed by atoms with Gasteiger partial charge in [0, 0.05) is 23.4 Å². The molecule has 2 amide bonds. The molecule has 2 aromatic carbocycles. The summed E-state index contributed by atoms with van der Waals surface area (Å²) in [4.78, 5) is 34.4. The Hall–Kier alpha value is -3.73. The van der Waals surface area contributed by atoms with E-state index >= 15 is 0 Å². The number of rotatable bonds is 6. The molecule has 0 spiro atoms. The van der Waals surface area contributed by atoms with E-state index in [1.165, 1.54) is 30.0 Å². The Morgan fingerprint density at radius 2 is 1.83 bits per heavy atom. The second-order valence-corrected chi connectivity index (χ2v) is 7.24. The molecule has 0 aliphatic rings. The van der Waals surface area contributed by atoms with Crippen LogP contribution in [0, 0.1) is 24.0 Å². The summed E-state index contributed by atoms with van der Waals surface area (Å²) in [6.07, 6.45) is 0. The van der Waals surface area contributed by atoms with Crippen LogP contribution in [0.15, 0.2) is 53.7 Å². The van der Waals surface area contributed by atoms with Gasteiger partial charge in [-0.25, -0.2) is 0 Å². The number of benzene rings is 2. The van der Waals surface area contributed by atoms with Crippen molar-refractivity contribution in [2.45, 2.75) is 19.0 Å². The molecular formula is C19H18N6O4S. The lowest BCUT2D eigenvalue weighted by atomic mass is 10.2. The van der Waals surface area contributed by atoms with Crippen LogP contribution in [0.3, 0.4) is 0 Å². The molecule has 2 N–H and O–H groups in total. The van der Waals surface area contributed by atoms with Crippen molar-refractivity contribution in [3.05, 3.63) is 75.6 Å². The van der Waals surface area contributed by atoms with Gasteiger partial charge in [-0.1, -0.05) is 35.5 Å². The second-order valence-electron chi connectivity index (χ2n) is 6.30. The normalized spacial score (nSPS) is 10.5. The molecule has 10 nitrogen and oxygen atoms in total. The molecule has 11 heteroatoms. The van der Waals surface area contributed by atoms with Gasteiger partial charge in [-0.15, -0.1) is 10.2 Å². The van der Waals surface area contributed by atoms with Gasteiger partial charge in [-0.05, 0) is 32.0 Å². The van der Waals surface area contributed by atoms with E-state index in [4.69, 9.17) is 0 Å². The van der Waals surface area contributed by atoms with E-state index in [9.17, 15) is 19.7 Å². The van der Waals surface area contributed by atoms with E-state index in [1.54, 1.807) is 0 Å². The van der Waals surface area contributed by atoms with Gasteiger partial charge >= 0.3 is 0 Å². The van der Waals surface area contributed by atoms with Crippen LogP contribution in [0.25, 0.3) is 5.69 Å². The van der Waals surface area contributed by atoms with Crippen LogP contribution in [0.2, 0.25) is 0 Å². The zero-order valence-corrected chi connectivity index (χ0v) is 17.0. The molecule has 0 aliphatic carbocycles. The molecule has 1 heterocycles. The Balaban J connectivity index is 1.58. The van der Waals surface area contributed by atoms with Gasteiger partial charge in [0.1, 0.15) is 5.82 Å². The van der Waals surface area contributed by atoms with Crippen molar-refractivity contribution >= 4 is 29.3 Å². The molecule has 0 saturated heterocycles. The molecule has 3 aromatic rings. The number of non-ortho nitro benzene ring substituents is 1. The summed E-state index contributed by atoms with van der Waals surface area (Å²) in [6, 6.07) is 13.0. The van der Waals surface area contributed by atoms with E-state index in [-0.39, 0.29) is 17.0 Å². The largest absolute Gasteiger partial charge is 0.274 e. The third kappa shape index (κ3) is 5.00. The van der Waals surface area contributed by atoms with Crippen molar-refractivity contribution in [2.24, 2.45) is 0 Å². The van der Waals surface area contributed by atoms with Crippen molar-refractivity contribution in [2.75, 3.05) is 5.75 Å². The minimum Gasteiger partial charge on any atom is -0.274 e. The SMILES string of the molecule is Cc1ccc(-n2c(C)nnc2SCC(=O)NNC(=O)c2cccc([N+](=O)[O-])c2)cc1. The first-order valence-electron chi connectivity index (χ1n) is 8.80. The number of nitro benzene ring substituents is 1. The van der Waals surface area contributed by atoms with Crippen molar-refractivity contribution in [3.8, 4) is 5.69 Å². The first-order valence-corrected chi connectivity index (χ1v) is 9.79. The minimum atomic E-state index is -0.657. The summed E-state index contributed by atoms with van der Waals surface area (Å²) in [7, 11) is 0. The third-order valence-corrected chi connectivity index (χ3v) is 4.98. The van der Waals surface area contributed by atoms with Crippen LogP contribution in [0.5, 0.6) is 0 Å². The van der Waals surface area contributed by atoms with Gasteiger partial charge in [0.15, 0.2) is 5.16 Å². The minimum absolute atomic E-state index is 0.0147. The average molecular weight is 426 g/mol. The molecule has 0 aliphatic heterocycles. The van der Waals surface area contributed by atoms with Gasteiger partial charge in [0.05, 0.1) is 10.7 Å². The number of nitro groups is 1. The van der Waals surface area contributed by atoms with Crippen LogP contribution >= 0.6 is 11.8 Å². The van der Waals surface area contributed by atoms with Gasteiger partial charge in [-0.3, -0.25) is 35.1 Å². The van der Waals surface area contributed by atoms with Gasteiger partial charge in [0.25, 0.3) is 11.6 Å². The zero-order valence-electron chi connectivity index (χ0n) is 16.2. The standard InChI is InChI=1S/C19H18N6O4S/c1-12-6-8-15(9-7-12)24-13(2)20-23-19(24)30-11-17(26)21-22-18(27)14-4-3-5-16(10-14)25(28)29/h3-10H,11H2,1-2H3,(H,21,26)(H,22,27). The lowest BCUT2D eigenvalue weighted by Crippen LogP contribution is -2.42. The molecular weight excluding hydrogens is 408 g/mol. The highest BCUT2D eigenvalue weighted by Gasteiger charge is 2.15. The number of hydrogen-bond donors (Lipinski definition) is 2. The molecule has 1 aromatic heterocycles. The maximum Gasteiger partial charge on any atom is 0.270 e. The maximum atomic E-state index is 12.1. The summed E-state index contributed by atoms with van der Waals surface area (Å²) in [6.45, 7) is 3.81. The number of nitrogens with one attached hydrogen (secondary N) is 2. The van der Waals surface area contributed by atoms with Crippen LogP contribution < -0.4 is 10.9 Å². The number of thioether (sulfide) groups is 1. The fourth-order valence-electron chi connectivity index (χ4n) is 2.55. The van der Waals surface area contributed by atoms with E-state index < -0.39 is 16.7 Å². The summed E-state index contributed by atoms with van der Waals surface area (Å²) in [5, 5.41) is 19.5. The summed E-state index contributed by atoms with van der Waals surface area (Å²) >= 11 is 1.17. The molecule has 0 fully saturated rings. The number of aromatic nitrogens is 3. The zero-order chi connectivity index (χ0) is 21.7. The first-order chi connectivity index (χ1) is 14.3. The van der Waals surface area contributed by atoms with E-state index in [0.29, 0.717) is 11.0 Å². The number of hydrazine groups is 1. The van der Waals surface area contributed by atoms with Crippen molar-refractivity contribution in [1.29, 1.82) is 0 Å². The fourth-order valence-corrected chi connectivity index (χ4v) is 3.35.